The molecular formula is C11H21N3O3. The van der Waals surface area contributed by atoms with E-state index in [4.69, 9.17) is 16.2 Å². The first kappa shape index (κ1) is 13.9. The molecule has 17 heavy (non-hydrogen) atoms. The molecule has 0 saturated heterocycles. The quantitative estimate of drug-likeness (QED) is 0.651. The Bertz CT molecular complexity index is 296. The highest BCUT2D eigenvalue weighted by molar-refractivity contribution is 5.94. The Hall–Kier alpha value is -1.14. The predicted octanol–water partition coefficient (Wildman–Crippen LogP) is 0.106. The Morgan fingerprint density at radius 1 is 1.53 bits per heavy atom. The molecular weight excluding hydrogens is 222 g/mol. The number of primary amides is 1. The van der Waals surface area contributed by atoms with Crippen LogP contribution in [0.15, 0.2) is 0 Å². The molecule has 1 aliphatic carbocycles. The zero-order valence-electron chi connectivity index (χ0n) is 10.2. The molecule has 0 heterocycles. The molecule has 1 saturated carbocycles. The summed E-state index contributed by atoms with van der Waals surface area (Å²) in [4.78, 5) is 21.7. The smallest absolute Gasteiger partial charge is 0.318 e. The molecule has 6 nitrogen and oxygen atoms in total. The SMILES string of the molecule is CC1CCCC(CN)(OCC(=O)NC(N)=O)C1. The highest BCUT2D eigenvalue weighted by Crippen LogP contribution is 2.34. The van der Waals surface area contributed by atoms with E-state index in [0.29, 0.717) is 12.5 Å². The molecule has 2 atom stereocenters. The van der Waals surface area contributed by atoms with Gasteiger partial charge in [-0.2, -0.15) is 0 Å². The van der Waals surface area contributed by atoms with Crippen LogP contribution < -0.4 is 16.8 Å². The molecule has 0 aromatic rings. The summed E-state index contributed by atoms with van der Waals surface area (Å²) in [5, 5.41) is 1.97. The summed E-state index contributed by atoms with van der Waals surface area (Å²) in [5.74, 6) is 0.0232. The van der Waals surface area contributed by atoms with Gasteiger partial charge in [0, 0.05) is 6.54 Å². The molecule has 0 radical (unpaired) electrons. The van der Waals surface area contributed by atoms with Crippen molar-refractivity contribution in [1.29, 1.82) is 0 Å². The molecule has 3 amide bonds. The van der Waals surface area contributed by atoms with Crippen LogP contribution in [-0.4, -0.2) is 30.7 Å². The minimum Gasteiger partial charge on any atom is -0.364 e. The molecule has 5 N–H and O–H groups in total. The Labute approximate surface area is 101 Å². The second kappa shape index (κ2) is 5.97. The third kappa shape index (κ3) is 4.32. The molecule has 0 aromatic carbocycles. The van der Waals surface area contributed by atoms with E-state index in [9.17, 15) is 9.59 Å². The summed E-state index contributed by atoms with van der Waals surface area (Å²) < 4.78 is 5.61. The number of hydrogen-bond donors (Lipinski definition) is 3. The summed E-state index contributed by atoms with van der Waals surface area (Å²) in [5.41, 5.74) is 10.2. The maximum atomic E-state index is 11.3. The summed E-state index contributed by atoms with van der Waals surface area (Å²) in [6, 6.07) is -0.864. The van der Waals surface area contributed by atoms with E-state index in [2.05, 4.69) is 6.92 Å². The largest absolute Gasteiger partial charge is 0.364 e. The molecule has 98 valence electrons. The minimum atomic E-state index is -0.864. The van der Waals surface area contributed by atoms with Gasteiger partial charge in [-0.25, -0.2) is 4.79 Å². The monoisotopic (exact) mass is 243 g/mol. The number of urea groups is 1. The van der Waals surface area contributed by atoms with Gasteiger partial charge >= 0.3 is 6.03 Å². The topological polar surface area (TPSA) is 107 Å². The number of carbonyl (C=O) groups excluding carboxylic acids is 2. The second-order valence-electron chi connectivity index (χ2n) is 4.79. The molecule has 0 aromatic heterocycles. The third-order valence-corrected chi connectivity index (χ3v) is 3.19. The van der Waals surface area contributed by atoms with Gasteiger partial charge in [0.05, 0.1) is 5.60 Å². The van der Waals surface area contributed by atoms with Crippen molar-refractivity contribution in [2.75, 3.05) is 13.2 Å². The number of carbonyl (C=O) groups is 2. The molecule has 1 aliphatic rings. The number of ether oxygens (including phenoxy) is 1. The second-order valence-corrected chi connectivity index (χ2v) is 4.79. The third-order valence-electron chi connectivity index (χ3n) is 3.19. The van der Waals surface area contributed by atoms with E-state index in [0.717, 1.165) is 19.3 Å². The number of rotatable bonds is 4. The first-order valence-electron chi connectivity index (χ1n) is 5.91. The van der Waals surface area contributed by atoms with E-state index < -0.39 is 17.5 Å². The lowest BCUT2D eigenvalue weighted by Gasteiger charge is -2.38. The summed E-state index contributed by atoms with van der Waals surface area (Å²) in [7, 11) is 0. The van der Waals surface area contributed by atoms with Crippen LogP contribution in [0.25, 0.3) is 0 Å². The molecule has 0 spiro atoms. The maximum Gasteiger partial charge on any atom is 0.318 e. The van der Waals surface area contributed by atoms with Crippen molar-refractivity contribution in [3.05, 3.63) is 0 Å². The molecule has 1 fully saturated rings. The Morgan fingerprint density at radius 3 is 2.76 bits per heavy atom. The van der Waals surface area contributed by atoms with Gasteiger partial charge in [-0.05, 0) is 18.8 Å². The Balaban J connectivity index is 2.46. The zero-order chi connectivity index (χ0) is 12.9. The average molecular weight is 243 g/mol. The normalized spacial score (nSPS) is 28.7. The van der Waals surface area contributed by atoms with Gasteiger partial charge in [-0.15, -0.1) is 0 Å². The van der Waals surface area contributed by atoms with Crippen LogP contribution in [0.2, 0.25) is 0 Å². The standard InChI is InChI=1S/C11H21N3O3/c1-8-3-2-4-11(5-8,7-12)17-6-9(15)14-10(13)16/h8H,2-7,12H2,1H3,(H3,13,14,15,16). The fourth-order valence-electron chi connectivity index (χ4n) is 2.38. The Morgan fingerprint density at radius 2 is 2.24 bits per heavy atom. The summed E-state index contributed by atoms with van der Waals surface area (Å²) in [6.07, 6.45) is 3.93. The average Bonchev–Trinajstić information content (AvgIpc) is 2.26. The van der Waals surface area contributed by atoms with Crippen molar-refractivity contribution in [3.8, 4) is 0 Å². The van der Waals surface area contributed by atoms with Gasteiger partial charge in [0.25, 0.3) is 5.91 Å². The maximum absolute atomic E-state index is 11.3. The van der Waals surface area contributed by atoms with Gasteiger partial charge in [-0.3, -0.25) is 10.1 Å². The fourth-order valence-corrected chi connectivity index (χ4v) is 2.38. The number of amides is 3. The molecule has 0 aliphatic heterocycles. The lowest BCUT2D eigenvalue weighted by molar-refractivity contribution is -0.135. The van der Waals surface area contributed by atoms with E-state index in [1.165, 1.54) is 6.42 Å². The van der Waals surface area contributed by atoms with Crippen LogP contribution in [0.5, 0.6) is 0 Å². The fraction of sp³-hybridized carbons (Fsp3) is 0.818. The van der Waals surface area contributed by atoms with Crippen LogP contribution in [0, 0.1) is 5.92 Å². The number of nitrogens with one attached hydrogen (secondary N) is 1. The van der Waals surface area contributed by atoms with E-state index in [1.54, 1.807) is 0 Å². The summed E-state index contributed by atoms with van der Waals surface area (Å²) >= 11 is 0. The van der Waals surface area contributed by atoms with Gasteiger partial charge < -0.3 is 16.2 Å². The van der Waals surface area contributed by atoms with Crippen LogP contribution in [0.1, 0.15) is 32.6 Å². The molecule has 1 rings (SSSR count). The van der Waals surface area contributed by atoms with Crippen molar-refractivity contribution >= 4 is 11.9 Å². The van der Waals surface area contributed by atoms with E-state index in [-0.39, 0.29) is 6.61 Å². The van der Waals surface area contributed by atoms with E-state index >= 15 is 0 Å². The summed E-state index contributed by atoms with van der Waals surface area (Å²) in [6.45, 7) is 2.37. The van der Waals surface area contributed by atoms with Crippen molar-refractivity contribution < 1.29 is 14.3 Å². The number of imide groups is 1. The molecule has 2 unspecified atom stereocenters. The van der Waals surface area contributed by atoms with E-state index in [1.807, 2.05) is 5.32 Å². The predicted molar refractivity (Wildman–Crippen MR) is 63.1 cm³/mol. The minimum absolute atomic E-state index is 0.174. The zero-order valence-corrected chi connectivity index (χ0v) is 10.2. The number of nitrogens with two attached hydrogens (primary N) is 2. The Kier molecular flexibility index (Phi) is 4.89. The highest BCUT2D eigenvalue weighted by atomic mass is 16.5. The van der Waals surface area contributed by atoms with Gasteiger partial charge in [0.2, 0.25) is 0 Å². The van der Waals surface area contributed by atoms with Gasteiger partial charge in [0.1, 0.15) is 6.61 Å². The van der Waals surface area contributed by atoms with Crippen LogP contribution in [0.4, 0.5) is 4.79 Å². The lowest BCUT2D eigenvalue weighted by atomic mass is 9.79. The van der Waals surface area contributed by atoms with Crippen LogP contribution >= 0.6 is 0 Å². The van der Waals surface area contributed by atoms with Crippen molar-refractivity contribution in [2.45, 2.75) is 38.2 Å². The lowest BCUT2D eigenvalue weighted by Crippen LogP contribution is -2.47. The first-order valence-corrected chi connectivity index (χ1v) is 5.91. The molecule has 6 heteroatoms. The first-order chi connectivity index (χ1) is 7.97. The van der Waals surface area contributed by atoms with Crippen molar-refractivity contribution in [2.24, 2.45) is 17.4 Å². The van der Waals surface area contributed by atoms with Crippen molar-refractivity contribution in [3.63, 3.8) is 0 Å². The highest BCUT2D eigenvalue weighted by Gasteiger charge is 2.35. The molecule has 0 bridgehead atoms. The van der Waals surface area contributed by atoms with Gasteiger partial charge in [0.15, 0.2) is 0 Å². The number of hydrogen-bond acceptors (Lipinski definition) is 4. The van der Waals surface area contributed by atoms with Gasteiger partial charge in [-0.1, -0.05) is 19.8 Å². The van der Waals surface area contributed by atoms with Crippen LogP contribution in [0.3, 0.4) is 0 Å². The van der Waals surface area contributed by atoms with Crippen molar-refractivity contribution in [1.82, 2.24) is 5.32 Å². The van der Waals surface area contributed by atoms with Crippen LogP contribution in [-0.2, 0) is 9.53 Å².